The molecule has 0 bridgehead atoms. The Kier molecular flexibility index (Phi) is 4.06. The first-order chi connectivity index (χ1) is 9.10. The van der Waals surface area contributed by atoms with Gasteiger partial charge in [0.25, 0.3) is 0 Å². The summed E-state index contributed by atoms with van der Waals surface area (Å²) < 4.78 is 0. The minimum atomic E-state index is 0.941. The Morgan fingerprint density at radius 3 is 2.37 bits per heavy atom. The Hall–Kier alpha value is -2.02. The zero-order chi connectivity index (χ0) is 13.8. The number of anilines is 1. The molecule has 2 aromatic carbocycles. The molecule has 0 aliphatic rings. The summed E-state index contributed by atoms with van der Waals surface area (Å²) in [6, 6.07) is 15.0. The third kappa shape index (κ3) is 3.25. The molecule has 2 rings (SSSR count). The van der Waals surface area contributed by atoms with Crippen LogP contribution in [0.1, 0.15) is 29.2 Å². The van der Waals surface area contributed by atoms with Crippen molar-refractivity contribution in [2.45, 2.75) is 27.2 Å². The van der Waals surface area contributed by atoms with Crippen LogP contribution >= 0.6 is 0 Å². The first kappa shape index (κ1) is 13.4. The van der Waals surface area contributed by atoms with Crippen LogP contribution in [0.5, 0.6) is 0 Å². The SMILES string of the molecule is C=C(Nc1cc(CC)ccc1C)c1ccc(C)cc1. The van der Waals surface area contributed by atoms with E-state index in [2.05, 4.69) is 75.1 Å². The third-order valence-electron chi connectivity index (χ3n) is 3.40. The number of aryl methyl sites for hydroxylation is 3. The molecule has 19 heavy (non-hydrogen) atoms. The molecule has 0 fully saturated rings. The smallest absolute Gasteiger partial charge is 0.0416 e. The van der Waals surface area contributed by atoms with Gasteiger partial charge in [0.2, 0.25) is 0 Å². The van der Waals surface area contributed by atoms with Gasteiger partial charge in [-0.1, -0.05) is 55.5 Å². The molecule has 1 N–H and O–H groups in total. The molecule has 0 saturated carbocycles. The van der Waals surface area contributed by atoms with Crippen molar-refractivity contribution in [1.29, 1.82) is 0 Å². The van der Waals surface area contributed by atoms with Gasteiger partial charge in [0.1, 0.15) is 0 Å². The van der Waals surface area contributed by atoms with Gasteiger partial charge < -0.3 is 5.32 Å². The van der Waals surface area contributed by atoms with Crippen LogP contribution in [0.3, 0.4) is 0 Å². The van der Waals surface area contributed by atoms with E-state index in [1.807, 2.05) is 0 Å². The monoisotopic (exact) mass is 251 g/mol. The first-order valence-electron chi connectivity index (χ1n) is 6.72. The molecule has 0 amide bonds. The lowest BCUT2D eigenvalue weighted by Gasteiger charge is -2.13. The summed E-state index contributed by atoms with van der Waals surface area (Å²) in [7, 11) is 0. The van der Waals surface area contributed by atoms with Crippen LogP contribution in [0.15, 0.2) is 49.0 Å². The lowest BCUT2D eigenvalue weighted by molar-refractivity contribution is 1.14. The Labute approximate surface area is 116 Å². The summed E-state index contributed by atoms with van der Waals surface area (Å²) in [5, 5.41) is 3.43. The zero-order valence-corrected chi connectivity index (χ0v) is 12.0. The van der Waals surface area contributed by atoms with Crippen LogP contribution in [-0.4, -0.2) is 0 Å². The molecular formula is C18H21N. The summed E-state index contributed by atoms with van der Waals surface area (Å²) in [5.74, 6) is 0. The van der Waals surface area contributed by atoms with Crippen molar-refractivity contribution in [3.05, 3.63) is 71.3 Å². The highest BCUT2D eigenvalue weighted by atomic mass is 14.9. The fraction of sp³-hybridized carbons (Fsp3) is 0.222. The van der Waals surface area contributed by atoms with Crippen LogP contribution < -0.4 is 5.32 Å². The Balaban J connectivity index is 2.21. The van der Waals surface area contributed by atoms with E-state index < -0.39 is 0 Å². The molecule has 0 aliphatic carbocycles. The van der Waals surface area contributed by atoms with Gasteiger partial charge in [-0.3, -0.25) is 0 Å². The van der Waals surface area contributed by atoms with Crippen molar-refractivity contribution < 1.29 is 0 Å². The fourth-order valence-corrected chi connectivity index (χ4v) is 2.01. The lowest BCUT2D eigenvalue weighted by Crippen LogP contribution is -2.00. The maximum Gasteiger partial charge on any atom is 0.0416 e. The van der Waals surface area contributed by atoms with E-state index in [0.717, 1.165) is 23.4 Å². The fourth-order valence-electron chi connectivity index (χ4n) is 2.01. The van der Waals surface area contributed by atoms with Crippen LogP contribution in [0.2, 0.25) is 0 Å². The molecule has 1 nitrogen and oxygen atoms in total. The second-order valence-corrected chi connectivity index (χ2v) is 4.97. The summed E-state index contributed by atoms with van der Waals surface area (Å²) in [6.07, 6.45) is 1.05. The van der Waals surface area contributed by atoms with Gasteiger partial charge in [-0.2, -0.15) is 0 Å². The van der Waals surface area contributed by atoms with Crippen LogP contribution in [-0.2, 0) is 6.42 Å². The highest BCUT2D eigenvalue weighted by molar-refractivity contribution is 5.76. The Morgan fingerprint density at radius 2 is 1.74 bits per heavy atom. The molecule has 0 unspecified atom stereocenters. The summed E-state index contributed by atoms with van der Waals surface area (Å²) >= 11 is 0. The van der Waals surface area contributed by atoms with Gasteiger partial charge in [0.15, 0.2) is 0 Å². The van der Waals surface area contributed by atoms with Crippen LogP contribution in [0.4, 0.5) is 5.69 Å². The Bertz CT molecular complexity index is 579. The van der Waals surface area contributed by atoms with Gasteiger partial charge in [0, 0.05) is 11.4 Å². The molecule has 98 valence electrons. The molecular weight excluding hydrogens is 230 g/mol. The minimum Gasteiger partial charge on any atom is -0.355 e. The lowest BCUT2D eigenvalue weighted by atomic mass is 10.1. The molecule has 0 aliphatic heterocycles. The number of hydrogen-bond acceptors (Lipinski definition) is 1. The summed E-state index contributed by atoms with van der Waals surface area (Å²) in [6.45, 7) is 10.5. The molecule has 0 atom stereocenters. The molecule has 0 radical (unpaired) electrons. The van der Waals surface area contributed by atoms with E-state index >= 15 is 0 Å². The second-order valence-electron chi connectivity index (χ2n) is 4.97. The molecule has 0 heterocycles. The predicted octanol–water partition coefficient (Wildman–Crippen LogP) is 4.95. The van der Waals surface area contributed by atoms with E-state index in [-0.39, 0.29) is 0 Å². The van der Waals surface area contributed by atoms with E-state index in [1.54, 1.807) is 0 Å². The average Bonchev–Trinajstić information content (AvgIpc) is 2.42. The van der Waals surface area contributed by atoms with E-state index in [4.69, 9.17) is 0 Å². The van der Waals surface area contributed by atoms with Gasteiger partial charge in [-0.25, -0.2) is 0 Å². The number of benzene rings is 2. The van der Waals surface area contributed by atoms with Crippen molar-refractivity contribution in [1.82, 2.24) is 0 Å². The standard InChI is InChI=1S/C18H21N/c1-5-16-9-8-14(3)18(12-16)19-15(4)17-10-6-13(2)7-11-17/h6-12,19H,4-5H2,1-3H3. The van der Waals surface area contributed by atoms with Gasteiger partial charge >= 0.3 is 0 Å². The van der Waals surface area contributed by atoms with E-state index in [0.29, 0.717) is 0 Å². The molecule has 2 aromatic rings. The third-order valence-corrected chi connectivity index (χ3v) is 3.40. The van der Waals surface area contributed by atoms with E-state index in [1.165, 1.54) is 16.7 Å². The van der Waals surface area contributed by atoms with Crippen LogP contribution in [0, 0.1) is 13.8 Å². The summed E-state index contributed by atoms with van der Waals surface area (Å²) in [5.41, 5.74) is 7.06. The van der Waals surface area contributed by atoms with E-state index in [9.17, 15) is 0 Å². The maximum atomic E-state index is 4.14. The van der Waals surface area contributed by atoms with Gasteiger partial charge in [0.05, 0.1) is 0 Å². The zero-order valence-electron chi connectivity index (χ0n) is 12.0. The van der Waals surface area contributed by atoms with Crippen LogP contribution in [0.25, 0.3) is 5.70 Å². The molecule has 1 heteroatoms. The van der Waals surface area contributed by atoms with Crippen molar-refractivity contribution in [2.75, 3.05) is 5.32 Å². The maximum absolute atomic E-state index is 4.14. The van der Waals surface area contributed by atoms with Crippen molar-refractivity contribution in [3.8, 4) is 0 Å². The van der Waals surface area contributed by atoms with Gasteiger partial charge in [-0.05, 0) is 43.0 Å². The van der Waals surface area contributed by atoms with Crippen molar-refractivity contribution in [2.24, 2.45) is 0 Å². The quantitative estimate of drug-likeness (QED) is 0.810. The molecule has 0 aromatic heterocycles. The largest absolute Gasteiger partial charge is 0.355 e. The highest BCUT2D eigenvalue weighted by Crippen LogP contribution is 2.22. The minimum absolute atomic E-state index is 0.941. The topological polar surface area (TPSA) is 12.0 Å². The first-order valence-corrected chi connectivity index (χ1v) is 6.72. The highest BCUT2D eigenvalue weighted by Gasteiger charge is 2.03. The average molecular weight is 251 g/mol. The van der Waals surface area contributed by atoms with Gasteiger partial charge in [-0.15, -0.1) is 0 Å². The summed E-state index contributed by atoms with van der Waals surface area (Å²) in [4.78, 5) is 0. The number of nitrogens with one attached hydrogen (secondary N) is 1. The molecule has 0 saturated heterocycles. The number of rotatable bonds is 4. The Morgan fingerprint density at radius 1 is 1.05 bits per heavy atom. The van der Waals surface area contributed by atoms with Crippen molar-refractivity contribution >= 4 is 11.4 Å². The normalized spacial score (nSPS) is 10.3. The predicted molar refractivity (Wildman–Crippen MR) is 84.4 cm³/mol. The molecule has 0 spiro atoms. The van der Waals surface area contributed by atoms with Crippen molar-refractivity contribution in [3.63, 3.8) is 0 Å². The second kappa shape index (κ2) is 5.75. The number of hydrogen-bond donors (Lipinski definition) is 1.